The zero-order chi connectivity index (χ0) is 25.2. The van der Waals surface area contributed by atoms with E-state index < -0.39 is 6.10 Å². The highest BCUT2D eigenvalue weighted by Crippen LogP contribution is 2.31. The van der Waals surface area contributed by atoms with Gasteiger partial charge >= 0.3 is 0 Å². The number of benzene rings is 2. The fourth-order valence-corrected chi connectivity index (χ4v) is 4.94. The minimum absolute atomic E-state index is 0. The summed E-state index contributed by atoms with van der Waals surface area (Å²) in [5.74, 6) is -0.0694. The van der Waals surface area contributed by atoms with Crippen molar-refractivity contribution in [3.8, 4) is 5.75 Å². The van der Waals surface area contributed by atoms with Crippen LogP contribution in [0.1, 0.15) is 49.9 Å². The second-order valence-corrected chi connectivity index (χ2v) is 9.36. The molecule has 2 atom stereocenters. The van der Waals surface area contributed by atoms with Crippen molar-refractivity contribution in [1.82, 2.24) is 25.3 Å². The van der Waals surface area contributed by atoms with Crippen molar-refractivity contribution in [3.63, 3.8) is 0 Å². The summed E-state index contributed by atoms with van der Waals surface area (Å²) in [6, 6.07) is 11.4. The zero-order valence-electron chi connectivity index (χ0n) is 20.9. The highest BCUT2D eigenvalue weighted by molar-refractivity contribution is 6.03. The molecule has 37 heavy (non-hydrogen) atoms. The van der Waals surface area contributed by atoms with E-state index in [0.29, 0.717) is 49.5 Å². The van der Waals surface area contributed by atoms with E-state index in [1.165, 1.54) is 11.1 Å². The number of fused-ring (bicyclic) bond motifs is 2. The smallest absolute Gasteiger partial charge is 0.255 e. The molecule has 3 heterocycles. The van der Waals surface area contributed by atoms with Crippen LogP contribution in [0.3, 0.4) is 0 Å². The number of ether oxygens (including phenoxy) is 1. The van der Waals surface area contributed by atoms with Crippen LogP contribution in [-0.4, -0.2) is 56.9 Å². The van der Waals surface area contributed by atoms with Crippen LogP contribution in [0.4, 0.5) is 0 Å². The van der Waals surface area contributed by atoms with Crippen LogP contribution in [0.5, 0.6) is 5.75 Å². The average Bonchev–Trinajstić information content (AvgIpc) is 3.43. The summed E-state index contributed by atoms with van der Waals surface area (Å²) in [6.07, 6.45) is 3.58. The Kier molecular flexibility index (Phi) is 8.16. The number of hydrogen-bond acceptors (Lipinski definition) is 6. The molecule has 2 aliphatic heterocycles. The molecule has 0 radical (unpaired) electrons. The molecule has 0 bridgehead atoms. The Balaban J connectivity index is 0.00000320. The minimum Gasteiger partial charge on any atom is -0.493 e. The summed E-state index contributed by atoms with van der Waals surface area (Å²) in [5.41, 5.74) is 5.07. The molecule has 196 valence electrons. The summed E-state index contributed by atoms with van der Waals surface area (Å²) in [6.45, 7) is 3.84. The fourth-order valence-electron chi connectivity index (χ4n) is 4.94. The van der Waals surface area contributed by atoms with Gasteiger partial charge in [-0.15, -0.1) is 12.4 Å². The lowest BCUT2D eigenvalue weighted by atomic mass is 9.93. The van der Waals surface area contributed by atoms with Gasteiger partial charge in [-0.2, -0.15) is 5.10 Å². The number of rotatable bonds is 8. The maximum atomic E-state index is 13.2. The maximum absolute atomic E-state index is 13.2. The monoisotopic (exact) mass is 525 g/mol. The molecule has 3 aromatic rings. The number of aliphatic hydroxyl groups excluding tert-OH is 1. The van der Waals surface area contributed by atoms with E-state index >= 15 is 0 Å². The van der Waals surface area contributed by atoms with Gasteiger partial charge in [0.05, 0.1) is 24.5 Å². The van der Waals surface area contributed by atoms with E-state index in [9.17, 15) is 14.7 Å². The Bertz CT molecular complexity index is 1290. The molecule has 3 N–H and O–H groups in total. The standard InChI is InChI=1S/C27H31N5O4.ClH/c1-3-36-25-10-21-20(16-32(27(21)35)15-17-11-30-31(2)14-17)8-22(25)26(34)29-13-24(33)23-9-18-6-4-5-7-19(18)12-28-23;/h4-8,10-11,14,23-24,28,33H,3,9,12-13,15-16H2,1-2H3,(H,29,34);1H/t23-,24?;/m0./s1. The van der Waals surface area contributed by atoms with Crippen LogP contribution in [0.25, 0.3) is 0 Å². The third kappa shape index (κ3) is 5.64. The van der Waals surface area contributed by atoms with Gasteiger partial charge in [0.2, 0.25) is 0 Å². The third-order valence-corrected chi connectivity index (χ3v) is 6.81. The lowest BCUT2D eigenvalue weighted by Gasteiger charge is -2.30. The molecule has 5 rings (SSSR count). The number of nitrogens with zero attached hydrogens (tertiary/aromatic N) is 3. The van der Waals surface area contributed by atoms with Gasteiger partial charge in [-0.3, -0.25) is 14.3 Å². The van der Waals surface area contributed by atoms with Crippen molar-refractivity contribution in [2.45, 2.75) is 45.1 Å². The third-order valence-electron chi connectivity index (χ3n) is 6.81. The molecule has 0 aliphatic carbocycles. The van der Waals surface area contributed by atoms with Crippen LogP contribution >= 0.6 is 12.4 Å². The number of aromatic nitrogens is 2. The molecule has 0 saturated heterocycles. The number of halogens is 1. The highest BCUT2D eigenvalue weighted by atomic mass is 35.5. The van der Waals surface area contributed by atoms with Crippen LogP contribution in [-0.2, 0) is 33.1 Å². The summed E-state index contributed by atoms with van der Waals surface area (Å²) in [4.78, 5) is 27.9. The van der Waals surface area contributed by atoms with Crippen molar-refractivity contribution in [2.24, 2.45) is 7.05 Å². The maximum Gasteiger partial charge on any atom is 0.255 e. The molecule has 10 heteroatoms. The Morgan fingerprint density at radius 2 is 2.05 bits per heavy atom. The van der Waals surface area contributed by atoms with Gasteiger partial charge in [-0.1, -0.05) is 24.3 Å². The normalized spacial score (nSPS) is 17.0. The Morgan fingerprint density at radius 3 is 2.78 bits per heavy atom. The van der Waals surface area contributed by atoms with E-state index in [1.54, 1.807) is 27.9 Å². The Hall–Kier alpha value is -3.40. The van der Waals surface area contributed by atoms with E-state index in [1.807, 2.05) is 32.3 Å². The number of aryl methyl sites for hydroxylation is 1. The molecular weight excluding hydrogens is 494 g/mol. The second-order valence-electron chi connectivity index (χ2n) is 9.36. The highest BCUT2D eigenvalue weighted by Gasteiger charge is 2.31. The van der Waals surface area contributed by atoms with E-state index in [4.69, 9.17) is 4.74 Å². The van der Waals surface area contributed by atoms with Crippen LogP contribution in [0.15, 0.2) is 48.8 Å². The number of aliphatic hydroxyl groups is 1. The first-order chi connectivity index (χ1) is 17.4. The topological polar surface area (TPSA) is 109 Å². The van der Waals surface area contributed by atoms with Gasteiger partial charge in [0.1, 0.15) is 5.75 Å². The summed E-state index contributed by atoms with van der Waals surface area (Å²) >= 11 is 0. The molecule has 2 aromatic carbocycles. The molecule has 0 saturated carbocycles. The van der Waals surface area contributed by atoms with Gasteiger partial charge < -0.3 is 25.4 Å². The molecular formula is C27H32ClN5O4. The van der Waals surface area contributed by atoms with Gasteiger partial charge in [-0.25, -0.2) is 0 Å². The lowest BCUT2D eigenvalue weighted by molar-refractivity contribution is 0.0766. The molecule has 2 amide bonds. The SMILES string of the molecule is CCOc1cc2c(cc1C(=O)NCC(O)[C@@H]1Cc3ccccc3CN1)CN(Cc1cnn(C)c1)C2=O.Cl. The van der Waals surface area contributed by atoms with E-state index in [2.05, 4.69) is 27.9 Å². The van der Waals surface area contributed by atoms with Crippen molar-refractivity contribution in [3.05, 3.63) is 82.2 Å². The fraction of sp³-hybridized carbons (Fsp3) is 0.370. The first kappa shape index (κ1) is 26.7. The van der Waals surface area contributed by atoms with Gasteiger partial charge in [0.15, 0.2) is 0 Å². The second kappa shape index (κ2) is 11.3. The molecule has 0 spiro atoms. The van der Waals surface area contributed by atoms with Gasteiger partial charge in [-0.05, 0) is 42.2 Å². The lowest BCUT2D eigenvalue weighted by Crippen LogP contribution is -2.49. The van der Waals surface area contributed by atoms with Crippen molar-refractivity contribution >= 4 is 24.2 Å². The first-order valence-corrected chi connectivity index (χ1v) is 12.3. The predicted octanol–water partition coefficient (Wildman–Crippen LogP) is 2.20. The number of hydrogen-bond donors (Lipinski definition) is 3. The number of carbonyl (C=O) groups is 2. The summed E-state index contributed by atoms with van der Waals surface area (Å²) in [5, 5.41) is 21.2. The number of carbonyl (C=O) groups excluding carboxylic acids is 2. The van der Waals surface area contributed by atoms with Gasteiger partial charge in [0.25, 0.3) is 11.8 Å². The van der Waals surface area contributed by atoms with Crippen molar-refractivity contribution < 1.29 is 19.4 Å². The van der Waals surface area contributed by atoms with Crippen LogP contribution in [0.2, 0.25) is 0 Å². The number of amides is 2. The molecule has 0 fully saturated rings. The van der Waals surface area contributed by atoms with Gasteiger partial charge in [0, 0.05) is 56.6 Å². The van der Waals surface area contributed by atoms with Crippen molar-refractivity contribution in [2.75, 3.05) is 13.2 Å². The number of nitrogens with one attached hydrogen (secondary N) is 2. The molecule has 1 aromatic heterocycles. The minimum atomic E-state index is -0.746. The van der Waals surface area contributed by atoms with Crippen molar-refractivity contribution in [1.29, 1.82) is 0 Å². The molecule has 1 unspecified atom stereocenters. The van der Waals surface area contributed by atoms with Crippen LogP contribution < -0.4 is 15.4 Å². The summed E-state index contributed by atoms with van der Waals surface area (Å²) < 4.78 is 7.43. The predicted molar refractivity (Wildman–Crippen MR) is 141 cm³/mol. The average molecular weight is 526 g/mol. The summed E-state index contributed by atoms with van der Waals surface area (Å²) in [7, 11) is 1.84. The van der Waals surface area contributed by atoms with Crippen LogP contribution in [0, 0.1) is 0 Å². The zero-order valence-corrected chi connectivity index (χ0v) is 21.8. The Morgan fingerprint density at radius 1 is 1.27 bits per heavy atom. The Labute approximate surface area is 222 Å². The van der Waals surface area contributed by atoms with E-state index in [-0.39, 0.29) is 36.8 Å². The first-order valence-electron chi connectivity index (χ1n) is 12.3. The quantitative estimate of drug-likeness (QED) is 0.416. The molecule has 2 aliphatic rings. The van der Waals surface area contributed by atoms with E-state index in [0.717, 1.165) is 11.1 Å². The largest absolute Gasteiger partial charge is 0.493 e. The molecule has 9 nitrogen and oxygen atoms in total.